The molecule has 2 N–H and O–H groups in total. The Morgan fingerprint density at radius 1 is 1.21 bits per heavy atom. The van der Waals surface area contributed by atoms with Crippen molar-refractivity contribution in [3.8, 4) is 5.40 Å². The van der Waals surface area contributed by atoms with Crippen LogP contribution in [0.4, 0.5) is 5.69 Å². The number of carboxylic acids is 1. The summed E-state index contributed by atoms with van der Waals surface area (Å²) >= 11 is 1.08. The van der Waals surface area contributed by atoms with Crippen LogP contribution in [0.15, 0.2) is 29.2 Å². The first-order chi connectivity index (χ1) is 11.4. The first-order valence-electron chi connectivity index (χ1n) is 7.81. The number of fused-ring (bicyclic) bond motifs is 2. The fourth-order valence-electron chi connectivity index (χ4n) is 3.96. The van der Waals surface area contributed by atoms with Crippen molar-refractivity contribution in [1.82, 2.24) is 0 Å². The largest absolute Gasteiger partial charge is 0.481 e. The molecule has 2 aliphatic rings. The molecule has 4 unspecified atom stereocenters. The van der Waals surface area contributed by atoms with E-state index in [2.05, 4.69) is 5.32 Å². The number of anilines is 1. The first-order valence-corrected chi connectivity index (χ1v) is 8.63. The van der Waals surface area contributed by atoms with Gasteiger partial charge in [-0.2, -0.15) is 5.26 Å². The minimum absolute atomic E-state index is 0.00475. The number of hydrogen-bond acceptors (Lipinski definition) is 4. The Bertz CT molecular complexity index is 758. The molecule has 24 heavy (non-hydrogen) atoms. The number of rotatable bonds is 4. The molecule has 124 valence electrons. The van der Waals surface area contributed by atoms with Gasteiger partial charge in [0.15, 0.2) is 0 Å². The van der Waals surface area contributed by atoms with Crippen molar-refractivity contribution in [2.45, 2.75) is 25.2 Å². The summed E-state index contributed by atoms with van der Waals surface area (Å²) in [6.07, 6.45) is 4.64. The molecule has 3 rings (SSSR count). The highest BCUT2D eigenvalue weighted by Gasteiger charge is 2.51. The molecular formula is C18H18N2O3S. The number of nitrogens with zero attached hydrogens (tertiary/aromatic N) is 1. The Morgan fingerprint density at radius 2 is 1.79 bits per heavy atom. The Kier molecular flexibility index (Phi) is 4.37. The van der Waals surface area contributed by atoms with E-state index < -0.39 is 17.8 Å². The van der Waals surface area contributed by atoms with Crippen LogP contribution in [0.25, 0.3) is 0 Å². The third kappa shape index (κ3) is 2.80. The van der Waals surface area contributed by atoms with Crippen molar-refractivity contribution in [3.05, 3.63) is 35.4 Å². The van der Waals surface area contributed by atoms with Crippen LogP contribution < -0.4 is 5.32 Å². The molecule has 0 spiro atoms. The minimum atomic E-state index is -0.902. The van der Waals surface area contributed by atoms with Gasteiger partial charge in [-0.25, -0.2) is 0 Å². The summed E-state index contributed by atoms with van der Waals surface area (Å²) < 4.78 is 0. The Morgan fingerprint density at radius 3 is 2.33 bits per heavy atom. The zero-order valence-corrected chi connectivity index (χ0v) is 14.3. The summed E-state index contributed by atoms with van der Waals surface area (Å²) in [5, 5.41) is 23.2. The molecule has 1 fully saturated rings. The van der Waals surface area contributed by atoms with Crippen LogP contribution in [0.2, 0.25) is 0 Å². The van der Waals surface area contributed by atoms with Gasteiger partial charge in [-0.1, -0.05) is 12.2 Å². The number of carbonyl (C=O) groups is 2. The van der Waals surface area contributed by atoms with Gasteiger partial charge in [0, 0.05) is 10.6 Å². The maximum Gasteiger partial charge on any atom is 0.307 e. The van der Waals surface area contributed by atoms with Gasteiger partial charge < -0.3 is 10.4 Å². The fourth-order valence-corrected chi connectivity index (χ4v) is 4.53. The van der Waals surface area contributed by atoms with Gasteiger partial charge in [0.05, 0.1) is 11.8 Å². The van der Waals surface area contributed by atoms with Crippen LogP contribution >= 0.6 is 11.8 Å². The number of carboxylic acid groups (broad SMARTS) is 1. The second-order valence-corrected chi connectivity index (χ2v) is 7.31. The van der Waals surface area contributed by atoms with Crippen LogP contribution in [0.1, 0.15) is 17.5 Å². The van der Waals surface area contributed by atoms with Crippen LogP contribution in [-0.2, 0) is 9.59 Å². The molecule has 0 radical (unpaired) electrons. The summed E-state index contributed by atoms with van der Waals surface area (Å²) in [6, 6.07) is 3.71. The minimum Gasteiger partial charge on any atom is -0.481 e. The average Bonchev–Trinajstić information content (AvgIpc) is 3.11. The van der Waals surface area contributed by atoms with Crippen molar-refractivity contribution in [1.29, 1.82) is 5.26 Å². The number of thioether (sulfide) groups is 1. The molecule has 0 aromatic heterocycles. The number of allylic oxidation sites excluding steroid dienone is 2. The summed E-state index contributed by atoms with van der Waals surface area (Å²) in [4.78, 5) is 25.2. The predicted molar refractivity (Wildman–Crippen MR) is 91.4 cm³/mol. The molecule has 0 heterocycles. The normalized spacial score (nSPS) is 27.0. The molecule has 1 saturated carbocycles. The van der Waals surface area contributed by atoms with Crippen LogP contribution in [0, 0.1) is 48.2 Å². The Balaban J connectivity index is 1.84. The number of nitriles is 1. The predicted octanol–water partition coefficient (Wildman–Crippen LogP) is 3.34. The lowest BCUT2D eigenvalue weighted by molar-refractivity contribution is -0.146. The van der Waals surface area contributed by atoms with Crippen LogP contribution in [-0.4, -0.2) is 17.0 Å². The first kappa shape index (κ1) is 16.6. The van der Waals surface area contributed by atoms with E-state index in [9.17, 15) is 14.7 Å². The maximum atomic E-state index is 12.8. The second-order valence-electron chi connectivity index (χ2n) is 6.45. The number of amides is 1. The molecular weight excluding hydrogens is 324 g/mol. The van der Waals surface area contributed by atoms with Gasteiger partial charge in [-0.05, 0) is 67.1 Å². The molecule has 0 saturated heterocycles. The highest BCUT2D eigenvalue weighted by Crippen LogP contribution is 2.48. The highest BCUT2D eigenvalue weighted by molar-refractivity contribution is 8.03. The molecule has 1 aromatic rings. The molecule has 2 aliphatic carbocycles. The van der Waals surface area contributed by atoms with Gasteiger partial charge in [0.2, 0.25) is 5.91 Å². The van der Waals surface area contributed by atoms with Gasteiger partial charge in [-0.15, -0.1) is 0 Å². The van der Waals surface area contributed by atoms with Crippen LogP contribution in [0.3, 0.4) is 0 Å². The third-order valence-corrected chi connectivity index (χ3v) is 5.53. The molecule has 6 heteroatoms. The van der Waals surface area contributed by atoms with Crippen LogP contribution in [0.5, 0.6) is 0 Å². The van der Waals surface area contributed by atoms with Crippen molar-refractivity contribution in [2.24, 2.45) is 23.7 Å². The topological polar surface area (TPSA) is 90.2 Å². The van der Waals surface area contributed by atoms with E-state index in [1.165, 1.54) is 0 Å². The van der Waals surface area contributed by atoms with Crippen molar-refractivity contribution in [2.75, 3.05) is 5.32 Å². The van der Waals surface area contributed by atoms with Gasteiger partial charge in [-0.3, -0.25) is 9.59 Å². The van der Waals surface area contributed by atoms with Crippen molar-refractivity contribution >= 4 is 29.3 Å². The number of benzene rings is 1. The van der Waals surface area contributed by atoms with Gasteiger partial charge >= 0.3 is 5.97 Å². The standard InChI is InChI=1S/C18H18N2O3S/c1-9-5-13(24-8-19)6-10(2)16(9)20-17(21)14-11-3-4-12(7-11)15(14)18(22)23/h3-6,11-12,14-15H,7H2,1-2H3,(H,20,21)(H,22,23). The van der Waals surface area contributed by atoms with E-state index in [1.807, 2.05) is 43.5 Å². The smallest absolute Gasteiger partial charge is 0.307 e. The lowest BCUT2D eigenvalue weighted by Gasteiger charge is -2.24. The van der Waals surface area contributed by atoms with Gasteiger partial charge in [0.1, 0.15) is 5.40 Å². The summed E-state index contributed by atoms with van der Waals surface area (Å²) in [5.41, 5.74) is 2.44. The van der Waals surface area contributed by atoms with Crippen molar-refractivity contribution < 1.29 is 14.7 Å². The van der Waals surface area contributed by atoms with Gasteiger partial charge in [0.25, 0.3) is 0 Å². The molecule has 1 amide bonds. The number of carbonyl (C=O) groups excluding carboxylic acids is 1. The quantitative estimate of drug-likeness (QED) is 0.497. The second kappa shape index (κ2) is 6.33. The number of hydrogen-bond donors (Lipinski definition) is 2. The van der Waals surface area contributed by atoms with Crippen molar-refractivity contribution in [3.63, 3.8) is 0 Å². The monoisotopic (exact) mass is 342 g/mol. The summed E-state index contributed by atoms with van der Waals surface area (Å²) in [5.74, 6) is -2.34. The van der Waals surface area contributed by atoms with E-state index in [0.717, 1.165) is 34.2 Å². The number of aliphatic carboxylic acids is 1. The number of nitrogens with one attached hydrogen (secondary N) is 1. The molecule has 2 bridgehead atoms. The number of aryl methyl sites for hydroxylation is 2. The van der Waals surface area contributed by atoms with E-state index >= 15 is 0 Å². The van der Waals surface area contributed by atoms with E-state index in [4.69, 9.17) is 5.26 Å². The summed E-state index contributed by atoms with van der Waals surface area (Å²) in [7, 11) is 0. The zero-order chi connectivity index (χ0) is 17.4. The molecule has 5 nitrogen and oxygen atoms in total. The summed E-state index contributed by atoms with van der Waals surface area (Å²) in [6.45, 7) is 3.75. The lowest BCUT2D eigenvalue weighted by atomic mass is 9.82. The van der Waals surface area contributed by atoms with E-state index in [1.54, 1.807) is 0 Å². The molecule has 1 aromatic carbocycles. The SMILES string of the molecule is Cc1cc(SC#N)cc(C)c1NC(=O)C1C2C=CC(C2)C1C(=O)O. The molecule has 4 atom stereocenters. The number of thiocyanates is 1. The zero-order valence-electron chi connectivity index (χ0n) is 13.4. The third-order valence-electron chi connectivity index (χ3n) is 4.97. The maximum absolute atomic E-state index is 12.8. The lowest BCUT2D eigenvalue weighted by Crippen LogP contribution is -2.36. The van der Waals surface area contributed by atoms with E-state index in [-0.39, 0.29) is 17.7 Å². The fraction of sp³-hybridized carbons (Fsp3) is 0.389. The highest BCUT2D eigenvalue weighted by atomic mass is 32.2. The molecule has 0 aliphatic heterocycles. The Hall–Kier alpha value is -2.26. The Labute approximate surface area is 144 Å². The van der Waals surface area contributed by atoms with E-state index in [0.29, 0.717) is 5.69 Å². The average molecular weight is 342 g/mol.